The maximum absolute atomic E-state index is 9.46. The van der Waals surface area contributed by atoms with Crippen molar-refractivity contribution < 1.29 is 5.11 Å². The number of nitrogens with zero attached hydrogens (tertiary/aromatic N) is 3. The third-order valence-corrected chi connectivity index (χ3v) is 4.76. The third kappa shape index (κ3) is 2.81. The van der Waals surface area contributed by atoms with E-state index in [0.717, 1.165) is 50.4 Å². The Bertz CT molecular complexity index is 1310. The number of fused-ring (bicyclic) bond motifs is 2. The van der Waals surface area contributed by atoms with Crippen molar-refractivity contribution in [1.29, 1.82) is 0 Å². The summed E-state index contributed by atoms with van der Waals surface area (Å²) in [6.07, 6.45) is 0. The fourth-order valence-corrected chi connectivity index (χ4v) is 3.31. The van der Waals surface area contributed by atoms with Gasteiger partial charge in [0, 0.05) is 22.0 Å². The van der Waals surface area contributed by atoms with E-state index in [-0.39, 0.29) is 5.75 Å². The molecule has 0 atom stereocenters. The molecule has 0 aliphatic carbocycles. The van der Waals surface area contributed by atoms with Gasteiger partial charge in [-0.1, -0.05) is 24.3 Å². The fourth-order valence-electron chi connectivity index (χ4n) is 3.31. The lowest BCUT2D eigenvalue weighted by molar-refractivity contribution is 0.475. The van der Waals surface area contributed by atoms with Crippen molar-refractivity contribution in [3.63, 3.8) is 0 Å². The molecule has 0 saturated heterocycles. The zero-order valence-corrected chi connectivity index (χ0v) is 15.1. The molecule has 0 bridgehead atoms. The van der Waals surface area contributed by atoms with Crippen LogP contribution >= 0.6 is 0 Å². The quantitative estimate of drug-likeness (QED) is 0.421. The first-order chi connectivity index (χ1) is 13.7. The Hall–Kier alpha value is -3.93. The summed E-state index contributed by atoms with van der Waals surface area (Å²) < 4.78 is 0. The van der Waals surface area contributed by atoms with Gasteiger partial charge in [-0.25, -0.2) is 4.98 Å². The molecular weight excluding hydrogens is 350 g/mol. The van der Waals surface area contributed by atoms with Crippen LogP contribution in [-0.4, -0.2) is 25.3 Å². The van der Waals surface area contributed by atoms with E-state index in [9.17, 15) is 5.11 Å². The predicted molar refractivity (Wildman–Crippen MR) is 111 cm³/mol. The monoisotopic (exact) mass is 367 g/mol. The van der Waals surface area contributed by atoms with E-state index in [1.807, 2.05) is 61.5 Å². The number of aryl methyl sites for hydroxylation is 1. The van der Waals surface area contributed by atoms with Gasteiger partial charge in [0.15, 0.2) is 5.82 Å². The molecule has 0 amide bonds. The molecule has 0 aliphatic heterocycles. The van der Waals surface area contributed by atoms with E-state index in [1.165, 1.54) is 0 Å². The van der Waals surface area contributed by atoms with E-state index in [2.05, 4.69) is 25.5 Å². The number of aromatic hydroxyl groups is 1. The van der Waals surface area contributed by atoms with Crippen molar-refractivity contribution in [2.45, 2.75) is 6.92 Å². The molecule has 0 spiro atoms. The number of anilines is 2. The standard InChI is InChI=1S/C22H17N5O/c1-13-17-4-2-3-5-18(17)22(27-26-13)23-15-8-11-19-20(12-15)25-21(24-19)14-6-9-16(28)10-7-14/h2-12,28H,1H3,(H,23,27)(H,24,25). The second-order valence-corrected chi connectivity index (χ2v) is 6.67. The average molecular weight is 367 g/mol. The van der Waals surface area contributed by atoms with Crippen LogP contribution in [0.2, 0.25) is 0 Å². The molecule has 136 valence electrons. The van der Waals surface area contributed by atoms with Crippen molar-refractivity contribution in [2.75, 3.05) is 5.32 Å². The summed E-state index contributed by atoms with van der Waals surface area (Å²) in [5.41, 5.74) is 4.49. The number of hydrogen-bond donors (Lipinski definition) is 3. The molecule has 5 rings (SSSR count). The smallest absolute Gasteiger partial charge is 0.160 e. The van der Waals surface area contributed by atoms with E-state index in [4.69, 9.17) is 0 Å². The molecule has 0 radical (unpaired) electrons. The number of nitrogens with one attached hydrogen (secondary N) is 2. The van der Waals surface area contributed by atoms with Crippen LogP contribution in [0.25, 0.3) is 33.2 Å². The van der Waals surface area contributed by atoms with Crippen LogP contribution in [-0.2, 0) is 0 Å². The van der Waals surface area contributed by atoms with E-state index < -0.39 is 0 Å². The molecule has 0 saturated carbocycles. The summed E-state index contributed by atoms with van der Waals surface area (Å²) in [4.78, 5) is 7.99. The first-order valence-electron chi connectivity index (χ1n) is 8.95. The minimum absolute atomic E-state index is 0.234. The van der Waals surface area contributed by atoms with Gasteiger partial charge in [0.25, 0.3) is 0 Å². The maximum Gasteiger partial charge on any atom is 0.160 e. The van der Waals surface area contributed by atoms with Gasteiger partial charge in [-0.3, -0.25) is 0 Å². The summed E-state index contributed by atoms with van der Waals surface area (Å²) in [7, 11) is 0. The minimum atomic E-state index is 0.234. The van der Waals surface area contributed by atoms with Crippen LogP contribution in [0.1, 0.15) is 5.69 Å². The second kappa shape index (κ2) is 6.35. The fraction of sp³-hybridized carbons (Fsp3) is 0.0455. The van der Waals surface area contributed by atoms with Crippen LogP contribution in [0.15, 0.2) is 66.7 Å². The molecule has 3 aromatic carbocycles. The number of hydrogen-bond acceptors (Lipinski definition) is 5. The Kier molecular flexibility index (Phi) is 3.69. The van der Waals surface area contributed by atoms with E-state index in [1.54, 1.807) is 12.1 Å². The number of H-pyrrole nitrogens is 1. The van der Waals surface area contributed by atoms with Crippen LogP contribution in [0.3, 0.4) is 0 Å². The number of phenols is 1. The molecule has 6 heteroatoms. The number of aromatic nitrogens is 4. The summed E-state index contributed by atoms with van der Waals surface area (Å²) >= 11 is 0. The van der Waals surface area contributed by atoms with Crippen molar-refractivity contribution in [2.24, 2.45) is 0 Å². The van der Waals surface area contributed by atoms with Crippen LogP contribution in [0.4, 0.5) is 11.5 Å². The van der Waals surface area contributed by atoms with Crippen molar-refractivity contribution in [3.05, 3.63) is 72.4 Å². The molecule has 0 fully saturated rings. The summed E-state index contributed by atoms with van der Waals surface area (Å²) in [6.45, 7) is 1.96. The summed E-state index contributed by atoms with van der Waals surface area (Å²) in [6, 6.07) is 21.0. The van der Waals surface area contributed by atoms with Gasteiger partial charge >= 0.3 is 0 Å². The Labute approximate surface area is 160 Å². The Morgan fingerprint density at radius 1 is 0.893 bits per heavy atom. The van der Waals surface area contributed by atoms with E-state index in [0.29, 0.717) is 0 Å². The lowest BCUT2D eigenvalue weighted by Crippen LogP contribution is -1.98. The number of rotatable bonds is 3. The molecular formula is C22H17N5O. The summed E-state index contributed by atoms with van der Waals surface area (Å²) in [5.74, 6) is 1.71. The molecule has 5 aromatic rings. The number of aromatic amines is 1. The van der Waals surface area contributed by atoms with Gasteiger partial charge < -0.3 is 15.4 Å². The molecule has 0 aliphatic rings. The maximum atomic E-state index is 9.46. The highest BCUT2D eigenvalue weighted by Gasteiger charge is 2.09. The minimum Gasteiger partial charge on any atom is -0.508 e. The third-order valence-electron chi connectivity index (χ3n) is 4.76. The first kappa shape index (κ1) is 16.3. The lowest BCUT2D eigenvalue weighted by atomic mass is 10.1. The highest BCUT2D eigenvalue weighted by molar-refractivity contribution is 5.95. The first-order valence-corrected chi connectivity index (χ1v) is 8.95. The predicted octanol–water partition coefficient (Wildman–Crippen LogP) is 4.93. The zero-order valence-electron chi connectivity index (χ0n) is 15.1. The molecule has 3 N–H and O–H groups in total. The Balaban J connectivity index is 1.52. The van der Waals surface area contributed by atoms with Gasteiger partial charge in [-0.2, -0.15) is 5.10 Å². The van der Waals surface area contributed by atoms with Gasteiger partial charge in [0.2, 0.25) is 0 Å². The molecule has 6 nitrogen and oxygen atoms in total. The van der Waals surface area contributed by atoms with Crippen LogP contribution < -0.4 is 5.32 Å². The Morgan fingerprint density at radius 3 is 2.50 bits per heavy atom. The van der Waals surface area contributed by atoms with Crippen molar-refractivity contribution >= 4 is 33.3 Å². The molecule has 28 heavy (non-hydrogen) atoms. The van der Waals surface area contributed by atoms with Crippen LogP contribution in [0, 0.1) is 6.92 Å². The zero-order chi connectivity index (χ0) is 19.1. The topological polar surface area (TPSA) is 86.7 Å². The summed E-state index contributed by atoms with van der Waals surface area (Å²) in [5, 5.41) is 23.5. The van der Waals surface area contributed by atoms with Crippen molar-refractivity contribution in [3.8, 4) is 17.1 Å². The van der Waals surface area contributed by atoms with Crippen molar-refractivity contribution in [1.82, 2.24) is 20.2 Å². The SMILES string of the molecule is Cc1nnc(Nc2ccc3[nH]c(-c4ccc(O)cc4)nc3c2)c2ccccc12. The molecule has 0 unspecified atom stereocenters. The lowest BCUT2D eigenvalue weighted by Gasteiger charge is -2.09. The van der Waals surface area contributed by atoms with Gasteiger partial charge in [-0.05, 0) is 49.4 Å². The van der Waals surface area contributed by atoms with Gasteiger partial charge in [0.1, 0.15) is 11.6 Å². The average Bonchev–Trinajstić information content (AvgIpc) is 3.14. The molecule has 2 heterocycles. The largest absolute Gasteiger partial charge is 0.508 e. The molecule has 2 aromatic heterocycles. The second-order valence-electron chi connectivity index (χ2n) is 6.67. The highest BCUT2D eigenvalue weighted by Crippen LogP contribution is 2.28. The highest BCUT2D eigenvalue weighted by atomic mass is 16.3. The van der Waals surface area contributed by atoms with Gasteiger partial charge in [0.05, 0.1) is 16.7 Å². The normalized spacial score (nSPS) is 11.2. The number of phenolic OH excluding ortho intramolecular Hbond substituents is 1. The Morgan fingerprint density at radius 2 is 1.68 bits per heavy atom. The van der Waals surface area contributed by atoms with Gasteiger partial charge in [-0.15, -0.1) is 5.10 Å². The number of imidazole rings is 1. The number of benzene rings is 3. The van der Waals surface area contributed by atoms with Crippen LogP contribution in [0.5, 0.6) is 5.75 Å². The van der Waals surface area contributed by atoms with E-state index >= 15 is 0 Å².